The van der Waals surface area contributed by atoms with Gasteiger partial charge in [-0.05, 0) is 26.0 Å². The second kappa shape index (κ2) is 6.85. The van der Waals surface area contributed by atoms with E-state index in [4.69, 9.17) is 16.6 Å². The molecule has 0 bridgehead atoms. The van der Waals surface area contributed by atoms with E-state index < -0.39 is 0 Å². The number of halogens is 1. The van der Waals surface area contributed by atoms with Gasteiger partial charge in [0.1, 0.15) is 10.7 Å². The summed E-state index contributed by atoms with van der Waals surface area (Å²) in [5.74, 6) is 0.532. The molecule has 1 N–H and O–H groups in total. The van der Waals surface area contributed by atoms with Crippen molar-refractivity contribution in [1.29, 1.82) is 0 Å². The van der Waals surface area contributed by atoms with Crippen molar-refractivity contribution in [3.05, 3.63) is 58.2 Å². The second-order valence-electron chi connectivity index (χ2n) is 4.84. The van der Waals surface area contributed by atoms with Crippen molar-refractivity contribution in [2.24, 2.45) is 5.10 Å². The third-order valence-electron chi connectivity index (χ3n) is 3.13. The molecule has 7 heteroatoms. The van der Waals surface area contributed by atoms with Gasteiger partial charge in [0, 0.05) is 10.4 Å². The van der Waals surface area contributed by atoms with Crippen LogP contribution in [0.25, 0.3) is 10.6 Å². The minimum Gasteiger partial charge on any atom is -0.260 e. The van der Waals surface area contributed by atoms with Crippen LogP contribution in [-0.2, 0) is 0 Å². The maximum atomic E-state index is 5.71. The molecular formula is C16H14ClN5S. The topological polar surface area (TPSA) is 63.1 Å². The smallest absolute Gasteiger partial charge is 0.168 e. The first-order valence-corrected chi connectivity index (χ1v) is 8.15. The van der Waals surface area contributed by atoms with Crippen LogP contribution in [0.5, 0.6) is 0 Å². The molecule has 0 saturated heterocycles. The number of anilines is 1. The Morgan fingerprint density at radius 3 is 2.61 bits per heavy atom. The van der Waals surface area contributed by atoms with Crippen LogP contribution in [0.3, 0.4) is 0 Å². The van der Waals surface area contributed by atoms with Gasteiger partial charge in [0.2, 0.25) is 0 Å². The Morgan fingerprint density at radius 1 is 1.13 bits per heavy atom. The summed E-state index contributed by atoms with van der Waals surface area (Å²) in [6.07, 6.45) is 0. The summed E-state index contributed by atoms with van der Waals surface area (Å²) in [4.78, 5) is 5.82. The quantitative estimate of drug-likeness (QED) is 0.563. The summed E-state index contributed by atoms with van der Waals surface area (Å²) >= 11 is 7.36. The molecule has 0 radical (unpaired) electrons. The number of nitrogens with one attached hydrogen (secondary N) is 1. The lowest BCUT2D eigenvalue weighted by Crippen LogP contribution is -2.03. The molecule has 0 aliphatic carbocycles. The van der Waals surface area contributed by atoms with Crippen LogP contribution in [0.15, 0.2) is 47.6 Å². The molecular weight excluding hydrogens is 330 g/mol. The molecule has 0 fully saturated rings. The first kappa shape index (κ1) is 15.6. The van der Waals surface area contributed by atoms with Gasteiger partial charge in [-0.2, -0.15) is 5.10 Å². The molecule has 0 aliphatic heterocycles. The Morgan fingerprint density at radius 2 is 1.91 bits per heavy atom. The zero-order valence-electron chi connectivity index (χ0n) is 12.6. The molecule has 0 amide bonds. The van der Waals surface area contributed by atoms with Crippen LogP contribution in [-0.4, -0.2) is 20.9 Å². The van der Waals surface area contributed by atoms with Crippen LogP contribution < -0.4 is 5.43 Å². The van der Waals surface area contributed by atoms with Crippen molar-refractivity contribution in [1.82, 2.24) is 15.2 Å². The van der Waals surface area contributed by atoms with Gasteiger partial charge in [0.25, 0.3) is 0 Å². The van der Waals surface area contributed by atoms with Crippen molar-refractivity contribution in [2.45, 2.75) is 13.8 Å². The molecule has 0 spiro atoms. The summed E-state index contributed by atoms with van der Waals surface area (Å²) in [7, 11) is 0. The molecule has 23 heavy (non-hydrogen) atoms. The predicted molar refractivity (Wildman–Crippen MR) is 95.2 cm³/mol. The Labute approximate surface area is 143 Å². The van der Waals surface area contributed by atoms with Crippen molar-refractivity contribution in [3.8, 4) is 10.6 Å². The first-order chi connectivity index (χ1) is 11.1. The minimum absolute atomic E-state index is 0.346. The highest BCUT2D eigenvalue weighted by atomic mass is 35.5. The monoisotopic (exact) mass is 343 g/mol. The largest absolute Gasteiger partial charge is 0.260 e. The molecule has 0 atom stereocenters. The number of aromatic nitrogens is 3. The Kier molecular flexibility index (Phi) is 4.64. The number of hydrazone groups is 1. The first-order valence-electron chi connectivity index (χ1n) is 6.96. The van der Waals surface area contributed by atoms with Gasteiger partial charge in [0.15, 0.2) is 11.0 Å². The fraction of sp³-hybridized carbons (Fsp3) is 0.125. The Balaban J connectivity index is 1.82. The fourth-order valence-electron chi connectivity index (χ4n) is 2.01. The summed E-state index contributed by atoms with van der Waals surface area (Å²) in [6.45, 7) is 3.95. The van der Waals surface area contributed by atoms with Gasteiger partial charge >= 0.3 is 0 Å². The molecule has 2 heterocycles. The summed E-state index contributed by atoms with van der Waals surface area (Å²) in [6, 6.07) is 13.5. The highest BCUT2D eigenvalue weighted by Crippen LogP contribution is 2.27. The summed E-state index contributed by atoms with van der Waals surface area (Å²) in [5.41, 5.74) is 5.64. The molecule has 0 saturated carbocycles. The lowest BCUT2D eigenvalue weighted by molar-refractivity contribution is 1.02. The highest BCUT2D eigenvalue weighted by Gasteiger charge is 2.11. The van der Waals surface area contributed by atoms with E-state index in [1.807, 2.05) is 32.0 Å². The van der Waals surface area contributed by atoms with E-state index in [0.717, 1.165) is 26.9 Å². The van der Waals surface area contributed by atoms with Crippen LogP contribution >= 0.6 is 22.9 Å². The predicted octanol–water partition coefficient (Wildman–Crippen LogP) is 4.40. The SMILES string of the molecule is C/C(=N\Nc1ccc(Cl)nn1)c1nc(-c2ccccc2)sc1C. The van der Waals surface area contributed by atoms with Gasteiger partial charge in [-0.25, -0.2) is 4.98 Å². The van der Waals surface area contributed by atoms with E-state index >= 15 is 0 Å². The van der Waals surface area contributed by atoms with E-state index in [-0.39, 0.29) is 0 Å². The van der Waals surface area contributed by atoms with E-state index in [1.165, 1.54) is 0 Å². The zero-order chi connectivity index (χ0) is 16.2. The van der Waals surface area contributed by atoms with Crippen molar-refractivity contribution in [3.63, 3.8) is 0 Å². The normalized spacial score (nSPS) is 11.5. The summed E-state index contributed by atoms with van der Waals surface area (Å²) < 4.78 is 0. The molecule has 3 aromatic rings. The number of nitrogens with zero attached hydrogens (tertiary/aromatic N) is 4. The maximum Gasteiger partial charge on any atom is 0.168 e. The van der Waals surface area contributed by atoms with E-state index in [1.54, 1.807) is 23.5 Å². The average molecular weight is 344 g/mol. The van der Waals surface area contributed by atoms with Crippen molar-refractivity contribution < 1.29 is 0 Å². The Hall–Kier alpha value is -2.31. The maximum absolute atomic E-state index is 5.71. The van der Waals surface area contributed by atoms with E-state index in [2.05, 4.69) is 32.9 Å². The van der Waals surface area contributed by atoms with Gasteiger partial charge in [-0.1, -0.05) is 41.9 Å². The number of hydrogen-bond acceptors (Lipinski definition) is 6. The van der Waals surface area contributed by atoms with Gasteiger partial charge in [-0.15, -0.1) is 21.5 Å². The molecule has 2 aromatic heterocycles. The molecule has 0 unspecified atom stereocenters. The fourth-order valence-corrected chi connectivity index (χ4v) is 3.08. The van der Waals surface area contributed by atoms with Crippen LogP contribution in [0, 0.1) is 6.92 Å². The third-order valence-corrected chi connectivity index (χ3v) is 4.35. The van der Waals surface area contributed by atoms with Gasteiger partial charge < -0.3 is 0 Å². The van der Waals surface area contributed by atoms with Gasteiger partial charge in [-0.3, -0.25) is 5.43 Å². The number of thiazole rings is 1. The van der Waals surface area contributed by atoms with Crippen LogP contribution in [0.2, 0.25) is 5.15 Å². The standard InChI is InChI=1S/C16H14ClN5S/c1-10(19-21-14-9-8-13(17)20-22-14)15-11(2)23-16(18-15)12-6-4-3-5-7-12/h3-9H,1-2H3,(H,21,22)/b19-10+. The van der Waals surface area contributed by atoms with Crippen molar-refractivity contribution in [2.75, 3.05) is 5.43 Å². The van der Waals surface area contributed by atoms with E-state index in [9.17, 15) is 0 Å². The third kappa shape index (κ3) is 3.72. The summed E-state index contributed by atoms with van der Waals surface area (Å²) in [5, 5.41) is 13.3. The second-order valence-corrected chi connectivity index (χ2v) is 6.43. The highest BCUT2D eigenvalue weighted by molar-refractivity contribution is 7.15. The molecule has 116 valence electrons. The molecule has 3 rings (SSSR count). The number of benzene rings is 1. The minimum atomic E-state index is 0.346. The Bertz CT molecular complexity index is 827. The zero-order valence-corrected chi connectivity index (χ0v) is 14.2. The van der Waals surface area contributed by atoms with Crippen molar-refractivity contribution >= 4 is 34.5 Å². The average Bonchev–Trinajstić information content (AvgIpc) is 2.97. The lowest BCUT2D eigenvalue weighted by Gasteiger charge is -2.01. The van der Waals surface area contributed by atoms with E-state index in [0.29, 0.717) is 11.0 Å². The molecule has 5 nitrogen and oxygen atoms in total. The van der Waals surface area contributed by atoms with Gasteiger partial charge in [0.05, 0.1) is 5.71 Å². The van der Waals surface area contributed by atoms with Crippen LogP contribution in [0.1, 0.15) is 17.5 Å². The molecule has 0 aliphatic rings. The molecule has 1 aromatic carbocycles. The number of rotatable bonds is 4. The van der Waals surface area contributed by atoms with Crippen LogP contribution in [0.4, 0.5) is 5.82 Å². The lowest BCUT2D eigenvalue weighted by atomic mass is 10.2. The number of hydrogen-bond donors (Lipinski definition) is 1. The number of aryl methyl sites for hydroxylation is 1.